The van der Waals surface area contributed by atoms with Crippen molar-refractivity contribution in [2.24, 2.45) is 5.73 Å². The normalized spacial score (nSPS) is 11.2. The Bertz CT molecular complexity index is 603. The van der Waals surface area contributed by atoms with E-state index in [4.69, 9.17) is 10.5 Å². The van der Waals surface area contributed by atoms with Gasteiger partial charge in [0.25, 0.3) is 0 Å². The number of hydrogen-bond acceptors (Lipinski definition) is 3. The highest BCUT2D eigenvalue weighted by Gasteiger charge is 2.14. The van der Waals surface area contributed by atoms with Crippen molar-refractivity contribution in [3.05, 3.63) is 60.2 Å². The third kappa shape index (κ3) is 6.22. The minimum atomic E-state index is 0. The second-order valence-corrected chi connectivity index (χ2v) is 5.43. The molecule has 1 atom stereocenters. The second kappa shape index (κ2) is 10.7. The van der Waals surface area contributed by atoms with Gasteiger partial charge in [-0.15, -0.1) is 12.4 Å². The van der Waals surface area contributed by atoms with Crippen LogP contribution in [-0.4, -0.2) is 19.1 Å². The summed E-state index contributed by atoms with van der Waals surface area (Å²) in [7, 11) is 0. The Balaban J connectivity index is 0.00000288. The van der Waals surface area contributed by atoms with Crippen molar-refractivity contribution < 1.29 is 9.53 Å². The van der Waals surface area contributed by atoms with Crippen LogP contribution in [0.15, 0.2) is 54.6 Å². The van der Waals surface area contributed by atoms with Gasteiger partial charge in [0.2, 0.25) is 5.91 Å². The largest absolute Gasteiger partial charge is 0.492 e. The minimum absolute atomic E-state index is 0. The van der Waals surface area contributed by atoms with Crippen LogP contribution in [0.4, 0.5) is 5.69 Å². The first-order valence-electron chi connectivity index (χ1n) is 8.00. The molecule has 0 aromatic heterocycles. The molecule has 0 aliphatic carbocycles. The first-order chi connectivity index (χ1) is 11.2. The summed E-state index contributed by atoms with van der Waals surface area (Å²) in [5.74, 6) is 1.02. The molecule has 1 amide bonds. The van der Waals surface area contributed by atoms with Crippen LogP contribution in [0.3, 0.4) is 0 Å². The predicted octanol–water partition coefficient (Wildman–Crippen LogP) is 3.97. The summed E-state index contributed by atoms with van der Waals surface area (Å²) in [4.78, 5) is 12.3. The van der Waals surface area contributed by atoms with Crippen molar-refractivity contribution in [2.75, 3.05) is 18.5 Å². The van der Waals surface area contributed by atoms with E-state index in [9.17, 15) is 4.79 Å². The van der Waals surface area contributed by atoms with Crippen LogP contribution >= 0.6 is 12.4 Å². The third-order valence-electron chi connectivity index (χ3n) is 3.72. The molecule has 0 aliphatic rings. The van der Waals surface area contributed by atoms with E-state index in [-0.39, 0.29) is 24.2 Å². The molecule has 5 heteroatoms. The third-order valence-corrected chi connectivity index (χ3v) is 3.72. The van der Waals surface area contributed by atoms with E-state index in [1.807, 2.05) is 42.5 Å². The average molecular weight is 349 g/mol. The maximum Gasteiger partial charge on any atom is 0.224 e. The van der Waals surface area contributed by atoms with Crippen LogP contribution < -0.4 is 15.8 Å². The molecule has 1 unspecified atom stereocenters. The van der Waals surface area contributed by atoms with Crippen molar-refractivity contribution >= 4 is 24.0 Å². The lowest BCUT2D eigenvalue weighted by atomic mass is 9.93. The number of carbonyl (C=O) groups is 1. The zero-order valence-electron chi connectivity index (χ0n) is 13.9. The van der Waals surface area contributed by atoms with Gasteiger partial charge in [-0.25, -0.2) is 0 Å². The average Bonchev–Trinajstić information content (AvgIpc) is 2.60. The smallest absolute Gasteiger partial charge is 0.224 e. The first kappa shape index (κ1) is 20.0. The molecule has 3 N–H and O–H groups in total. The Morgan fingerprint density at radius 3 is 2.38 bits per heavy atom. The number of benzene rings is 2. The number of amides is 1. The molecule has 24 heavy (non-hydrogen) atoms. The summed E-state index contributed by atoms with van der Waals surface area (Å²) < 4.78 is 5.42. The molecule has 0 spiro atoms. The van der Waals surface area contributed by atoms with Gasteiger partial charge in [0, 0.05) is 18.7 Å². The highest BCUT2D eigenvalue weighted by atomic mass is 35.5. The fourth-order valence-electron chi connectivity index (χ4n) is 2.47. The zero-order chi connectivity index (χ0) is 16.5. The summed E-state index contributed by atoms with van der Waals surface area (Å²) in [5.41, 5.74) is 7.38. The monoisotopic (exact) mass is 348 g/mol. The maximum absolute atomic E-state index is 12.3. The van der Waals surface area contributed by atoms with Crippen LogP contribution in [0.25, 0.3) is 0 Å². The summed E-state index contributed by atoms with van der Waals surface area (Å²) in [5, 5.41) is 2.94. The summed E-state index contributed by atoms with van der Waals surface area (Å²) >= 11 is 0. The number of rotatable bonds is 8. The van der Waals surface area contributed by atoms with Crippen LogP contribution in [0.2, 0.25) is 0 Å². The lowest BCUT2D eigenvalue weighted by Crippen LogP contribution is -2.15. The van der Waals surface area contributed by atoms with Gasteiger partial charge in [0.05, 0.1) is 0 Å². The van der Waals surface area contributed by atoms with E-state index in [0.717, 1.165) is 17.9 Å². The number of hydrogen-bond donors (Lipinski definition) is 2. The van der Waals surface area contributed by atoms with E-state index in [1.165, 1.54) is 5.56 Å². The van der Waals surface area contributed by atoms with Crippen molar-refractivity contribution in [1.29, 1.82) is 0 Å². The molecule has 0 heterocycles. The van der Waals surface area contributed by atoms with E-state index in [0.29, 0.717) is 19.6 Å². The van der Waals surface area contributed by atoms with Crippen molar-refractivity contribution in [3.63, 3.8) is 0 Å². The van der Waals surface area contributed by atoms with E-state index in [1.54, 1.807) is 0 Å². The maximum atomic E-state index is 12.3. The highest BCUT2D eigenvalue weighted by Crippen LogP contribution is 2.24. The van der Waals surface area contributed by atoms with E-state index in [2.05, 4.69) is 24.4 Å². The van der Waals surface area contributed by atoms with Gasteiger partial charge in [0.1, 0.15) is 12.4 Å². The molecular weight excluding hydrogens is 324 g/mol. The van der Waals surface area contributed by atoms with Crippen LogP contribution in [0.1, 0.15) is 31.2 Å². The topological polar surface area (TPSA) is 64.3 Å². The lowest BCUT2D eigenvalue weighted by molar-refractivity contribution is -0.116. The number of anilines is 1. The fourth-order valence-corrected chi connectivity index (χ4v) is 2.47. The molecule has 2 aromatic rings. The van der Waals surface area contributed by atoms with Crippen molar-refractivity contribution in [1.82, 2.24) is 0 Å². The molecule has 2 aromatic carbocycles. The molecular formula is C19H25ClN2O2. The summed E-state index contributed by atoms with van der Waals surface area (Å²) in [6.07, 6.45) is 1.41. The van der Waals surface area contributed by atoms with Gasteiger partial charge in [-0.2, -0.15) is 0 Å². The van der Waals surface area contributed by atoms with Crippen molar-refractivity contribution in [2.45, 2.75) is 25.7 Å². The summed E-state index contributed by atoms with van der Waals surface area (Å²) in [6, 6.07) is 17.5. The van der Waals surface area contributed by atoms with Gasteiger partial charge in [0.15, 0.2) is 0 Å². The standard InChI is InChI=1S/C19H24N2O2.ClH/c1-2-15(16-6-4-3-5-7-16)14-19(22)21-17-8-10-18(11-9-17)23-13-12-20;/h3-11,15H,2,12-14,20H2,1H3,(H,21,22);1H. The van der Waals surface area contributed by atoms with Gasteiger partial charge in [-0.05, 0) is 42.2 Å². The molecule has 0 aliphatic heterocycles. The molecule has 0 saturated carbocycles. The van der Waals surface area contributed by atoms with E-state index < -0.39 is 0 Å². The Kier molecular flexibility index (Phi) is 8.90. The molecule has 0 radical (unpaired) electrons. The molecule has 4 nitrogen and oxygen atoms in total. The molecule has 0 saturated heterocycles. The SMILES string of the molecule is CCC(CC(=O)Nc1ccc(OCCN)cc1)c1ccccc1.Cl. The van der Waals surface area contributed by atoms with E-state index >= 15 is 0 Å². The van der Waals surface area contributed by atoms with Crippen LogP contribution in [0, 0.1) is 0 Å². The number of halogens is 1. The zero-order valence-corrected chi connectivity index (χ0v) is 14.7. The fraction of sp³-hybridized carbons (Fsp3) is 0.316. The van der Waals surface area contributed by atoms with Crippen molar-refractivity contribution in [3.8, 4) is 5.75 Å². The Morgan fingerprint density at radius 2 is 1.79 bits per heavy atom. The quantitative estimate of drug-likeness (QED) is 0.758. The van der Waals surface area contributed by atoms with Gasteiger partial charge in [-0.3, -0.25) is 4.79 Å². The molecule has 2 rings (SSSR count). The minimum Gasteiger partial charge on any atom is -0.492 e. The molecule has 0 bridgehead atoms. The van der Waals surface area contributed by atoms with Gasteiger partial charge >= 0.3 is 0 Å². The predicted molar refractivity (Wildman–Crippen MR) is 101 cm³/mol. The lowest BCUT2D eigenvalue weighted by Gasteiger charge is -2.15. The Hall–Kier alpha value is -2.04. The van der Waals surface area contributed by atoms with Crippen LogP contribution in [0.5, 0.6) is 5.75 Å². The summed E-state index contributed by atoms with van der Waals surface area (Å²) in [6.45, 7) is 3.08. The van der Waals surface area contributed by atoms with Gasteiger partial charge in [-0.1, -0.05) is 37.3 Å². The molecule has 130 valence electrons. The second-order valence-electron chi connectivity index (χ2n) is 5.43. The number of ether oxygens (including phenoxy) is 1. The Morgan fingerprint density at radius 1 is 1.12 bits per heavy atom. The number of nitrogens with one attached hydrogen (secondary N) is 1. The number of carbonyl (C=O) groups excluding carboxylic acids is 1. The van der Waals surface area contributed by atoms with Crippen LogP contribution in [-0.2, 0) is 4.79 Å². The highest BCUT2D eigenvalue weighted by molar-refractivity contribution is 5.91. The Labute approximate surface area is 149 Å². The molecule has 0 fully saturated rings. The number of nitrogens with two attached hydrogens (primary N) is 1. The van der Waals surface area contributed by atoms with Gasteiger partial charge < -0.3 is 15.8 Å². The first-order valence-corrected chi connectivity index (χ1v) is 8.00.